The van der Waals surface area contributed by atoms with Crippen LogP contribution in [0.25, 0.3) is 0 Å². The number of rotatable bonds is 2. The molecule has 0 radical (unpaired) electrons. The van der Waals surface area contributed by atoms with Crippen LogP contribution in [0.3, 0.4) is 0 Å². The van der Waals surface area contributed by atoms with Crippen LogP contribution in [0.1, 0.15) is 5.56 Å². The van der Waals surface area contributed by atoms with Crippen LogP contribution in [0.5, 0.6) is 0 Å². The highest BCUT2D eigenvalue weighted by Crippen LogP contribution is 1.94. The second-order valence-electron chi connectivity index (χ2n) is 2.15. The van der Waals surface area contributed by atoms with Gasteiger partial charge in [0.25, 0.3) is 0 Å². The zero-order chi connectivity index (χ0) is 8.10. The van der Waals surface area contributed by atoms with Gasteiger partial charge in [0.05, 0.1) is 0 Å². The standard InChI is InChI=1S/C7H11N3S/c1-8-7(11)10-5-6-2-3-9-4-6/h2-4,9H,5H2,1H3,(H2,8,10,11). The summed E-state index contributed by atoms with van der Waals surface area (Å²) < 4.78 is 0. The molecule has 0 atom stereocenters. The SMILES string of the molecule is CNC(=S)NCc1cc[nH]c1. The van der Waals surface area contributed by atoms with Crippen molar-refractivity contribution in [1.29, 1.82) is 0 Å². The van der Waals surface area contributed by atoms with Gasteiger partial charge in [0.15, 0.2) is 5.11 Å². The van der Waals surface area contributed by atoms with E-state index < -0.39 is 0 Å². The highest BCUT2D eigenvalue weighted by Gasteiger charge is 1.92. The van der Waals surface area contributed by atoms with Crippen LogP contribution in [-0.2, 0) is 6.54 Å². The summed E-state index contributed by atoms with van der Waals surface area (Å²) in [6.45, 7) is 0.767. The van der Waals surface area contributed by atoms with Crippen molar-refractivity contribution < 1.29 is 0 Å². The maximum Gasteiger partial charge on any atom is 0.166 e. The van der Waals surface area contributed by atoms with Crippen molar-refractivity contribution in [3.8, 4) is 0 Å². The molecule has 0 saturated carbocycles. The number of H-pyrrole nitrogens is 1. The molecule has 0 saturated heterocycles. The first kappa shape index (κ1) is 8.07. The summed E-state index contributed by atoms with van der Waals surface area (Å²) in [5, 5.41) is 6.54. The molecule has 3 N–H and O–H groups in total. The average Bonchev–Trinajstić information content (AvgIpc) is 2.52. The monoisotopic (exact) mass is 169 g/mol. The predicted octanol–water partition coefficient (Wildman–Crippen LogP) is 0.609. The van der Waals surface area contributed by atoms with E-state index >= 15 is 0 Å². The first-order valence-electron chi connectivity index (χ1n) is 3.40. The van der Waals surface area contributed by atoms with Crippen LogP contribution in [0, 0.1) is 0 Å². The Hall–Kier alpha value is -1.03. The van der Waals surface area contributed by atoms with Crippen LogP contribution in [0.15, 0.2) is 18.5 Å². The average molecular weight is 169 g/mol. The molecule has 0 spiro atoms. The Labute approximate surface area is 71.2 Å². The summed E-state index contributed by atoms with van der Waals surface area (Å²) in [7, 11) is 1.80. The fourth-order valence-electron chi connectivity index (χ4n) is 0.739. The highest BCUT2D eigenvalue weighted by molar-refractivity contribution is 7.80. The Balaban J connectivity index is 2.29. The maximum atomic E-state index is 4.90. The fraction of sp³-hybridized carbons (Fsp3) is 0.286. The summed E-state index contributed by atoms with van der Waals surface area (Å²) in [6.07, 6.45) is 3.82. The first-order chi connectivity index (χ1) is 5.33. The molecule has 0 bridgehead atoms. The normalized spacial score (nSPS) is 9.18. The molecule has 60 valence electrons. The van der Waals surface area contributed by atoms with Gasteiger partial charge in [-0.1, -0.05) is 0 Å². The lowest BCUT2D eigenvalue weighted by Gasteiger charge is -2.04. The van der Waals surface area contributed by atoms with Crippen molar-refractivity contribution in [2.24, 2.45) is 0 Å². The molecule has 11 heavy (non-hydrogen) atoms. The van der Waals surface area contributed by atoms with E-state index in [0.29, 0.717) is 5.11 Å². The number of hydrogen-bond acceptors (Lipinski definition) is 1. The van der Waals surface area contributed by atoms with Crippen LogP contribution in [0.4, 0.5) is 0 Å². The number of aromatic amines is 1. The second kappa shape index (κ2) is 3.98. The van der Waals surface area contributed by atoms with Gasteiger partial charge in [-0.25, -0.2) is 0 Å². The zero-order valence-electron chi connectivity index (χ0n) is 6.35. The molecule has 3 nitrogen and oxygen atoms in total. The maximum absolute atomic E-state index is 4.90. The third-order valence-corrected chi connectivity index (χ3v) is 1.69. The van der Waals surface area contributed by atoms with E-state index in [0.717, 1.165) is 6.54 Å². The van der Waals surface area contributed by atoms with Crippen molar-refractivity contribution in [3.63, 3.8) is 0 Å². The zero-order valence-corrected chi connectivity index (χ0v) is 7.16. The minimum absolute atomic E-state index is 0.672. The van der Waals surface area contributed by atoms with Gasteiger partial charge in [-0.05, 0) is 23.8 Å². The van der Waals surface area contributed by atoms with E-state index in [1.165, 1.54) is 5.56 Å². The highest BCUT2D eigenvalue weighted by atomic mass is 32.1. The van der Waals surface area contributed by atoms with Crippen LogP contribution in [0.2, 0.25) is 0 Å². The summed E-state index contributed by atoms with van der Waals surface area (Å²) in [4.78, 5) is 2.97. The Morgan fingerprint density at radius 3 is 3.09 bits per heavy atom. The van der Waals surface area contributed by atoms with Crippen molar-refractivity contribution >= 4 is 17.3 Å². The smallest absolute Gasteiger partial charge is 0.166 e. The van der Waals surface area contributed by atoms with Crippen LogP contribution in [-0.4, -0.2) is 17.1 Å². The Morgan fingerprint density at radius 1 is 1.73 bits per heavy atom. The quantitative estimate of drug-likeness (QED) is 0.568. The molecule has 0 aliphatic rings. The van der Waals surface area contributed by atoms with Gasteiger partial charge in [-0.2, -0.15) is 0 Å². The molecule has 1 aromatic heterocycles. The number of nitrogens with one attached hydrogen (secondary N) is 3. The predicted molar refractivity (Wildman–Crippen MR) is 49.3 cm³/mol. The molecule has 0 aliphatic carbocycles. The molecule has 0 fully saturated rings. The molecule has 1 rings (SSSR count). The molecule has 4 heteroatoms. The number of aromatic nitrogens is 1. The molecule has 0 amide bonds. The van der Waals surface area contributed by atoms with E-state index in [-0.39, 0.29) is 0 Å². The lowest BCUT2D eigenvalue weighted by atomic mass is 10.3. The Morgan fingerprint density at radius 2 is 2.55 bits per heavy atom. The van der Waals surface area contributed by atoms with Crippen molar-refractivity contribution in [3.05, 3.63) is 24.0 Å². The van der Waals surface area contributed by atoms with Crippen molar-refractivity contribution in [2.75, 3.05) is 7.05 Å². The van der Waals surface area contributed by atoms with Crippen LogP contribution < -0.4 is 10.6 Å². The fourth-order valence-corrected chi connectivity index (χ4v) is 0.811. The molecule has 1 heterocycles. The lowest BCUT2D eigenvalue weighted by Crippen LogP contribution is -2.31. The molecule has 0 unspecified atom stereocenters. The van der Waals surface area contributed by atoms with Gasteiger partial charge in [-0.3, -0.25) is 0 Å². The van der Waals surface area contributed by atoms with E-state index in [1.807, 2.05) is 18.5 Å². The minimum atomic E-state index is 0.672. The van der Waals surface area contributed by atoms with Crippen molar-refractivity contribution in [2.45, 2.75) is 6.54 Å². The molecular weight excluding hydrogens is 158 g/mol. The number of hydrogen-bond donors (Lipinski definition) is 3. The van der Waals surface area contributed by atoms with E-state index in [4.69, 9.17) is 12.2 Å². The van der Waals surface area contributed by atoms with Gasteiger partial charge >= 0.3 is 0 Å². The van der Waals surface area contributed by atoms with Gasteiger partial charge in [0.1, 0.15) is 0 Å². The summed E-state index contributed by atoms with van der Waals surface area (Å²) in [5.41, 5.74) is 1.20. The summed E-state index contributed by atoms with van der Waals surface area (Å²) in [5.74, 6) is 0. The second-order valence-corrected chi connectivity index (χ2v) is 2.56. The molecule has 0 aliphatic heterocycles. The Kier molecular flexibility index (Phi) is 2.92. The van der Waals surface area contributed by atoms with Crippen LogP contribution >= 0.6 is 12.2 Å². The summed E-state index contributed by atoms with van der Waals surface area (Å²) in [6, 6.07) is 2.01. The molecule has 0 aromatic carbocycles. The molecular formula is C7H11N3S. The van der Waals surface area contributed by atoms with E-state index in [9.17, 15) is 0 Å². The van der Waals surface area contributed by atoms with E-state index in [2.05, 4.69) is 15.6 Å². The topological polar surface area (TPSA) is 39.8 Å². The lowest BCUT2D eigenvalue weighted by molar-refractivity contribution is 0.892. The largest absolute Gasteiger partial charge is 0.367 e. The van der Waals surface area contributed by atoms with E-state index in [1.54, 1.807) is 7.05 Å². The number of thiocarbonyl (C=S) groups is 1. The van der Waals surface area contributed by atoms with Gasteiger partial charge < -0.3 is 15.6 Å². The van der Waals surface area contributed by atoms with Gasteiger partial charge in [0.2, 0.25) is 0 Å². The summed E-state index contributed by atoms with van der Waals surface area (Å²) >= 11 is 4.90. The van der Waals surface area contributed by atoms with Gasteiger partial charge in [0, 0.05) is 26.0 Å². The third-order valence-electron chi connectivity index (χ3n) is 1.34. The minimum Gasteiger partial charge on any atom is -0.367 e. The van der Waals surface area contributed by atoms with Gasteiger partial charge in [-0.15, -0.1) is 0 Å². The molecule has 1 aromatic rings. The third kappa shape index (κ3) is 2.59. The van der Waals surface area contributed by atoms with Crippen molar-refractivity contribution in [1.82, 2.24) is 15.6 Å². The first-order valence-corrected chi connectivity index (χ1v) is 3.81. The Bertz CT molecular complexity index is 218.